The van der Waals surface area contributed by atoms with E-state index in [2.05, 4.69) is 10.6 Å². The standard InChI is InChI=1S/C36H48ClN3O8/c1-24(38-34(46)48-35(2,3)4)30(41)19-28(22-47-5)32(44)39-36(21-26-12-14-29(37)15-13-26)16-9-17-40(23-36)33(45)27(20-31(42)43)18-25-10-7-6-8-11-25/h6-8,10-15,24,27-28H,9,16-23H2,1-5H3,(H,38,46)(H,39,44)(H,42,43)/t24-,27+,28-,36+/m0/s1. The highest BCUT2D eigenvalue weighted by Gasteiger charge is 2.42. The van der Waals surface area contributed by atoms with E-state index in [1.165, 1.54) is 14.0 Å². The summed E-state index contributed by atoms with van der Waals surface area (Å²) in [5, 5.41) is 15.9. The molecule has 0 saturated carbocycles. The van der Waals surface area contributed by atoms with E-state index in [4.69, 9.17) is 21.1 Å². The van der Waals surface area contributed by atoms with Gasteiger partial charge in [0.05, 0.1) is 36.4 Å². The molecule has 0 radical (unpaired) electrons. The maximum atomic E-state index is 14.0. The van der Waals surface area contributed by atoms with Gasteiger partial charge in [0, 0.05) is 31.6 Å². The highest BCUT2D eigenvalue weighted by Crippen LogP contribution is 2.29. The summed E-state index contributed by atoms with van der Waals surface area (Å²) in [4.78, 5) is 66.8. The zero-order valence-electron chi connectivity index (χ0n) is 28.4. The van der Waals surface area contributed by atoms with E-state index in [0.717, 1.165) is 11.1 Å². The van der Waals surface area contributed by atoms with E-state index in [9.17, 15) is 29.1 Å². The number of ketones is 1. The zero-order valence-corrected chi connectivity index (χ0v) is 29.2. The van der Waals surface area contributed by atoms with Gasteiger partial charge in [0.25, 0.3) is 0 Å². The van der Waals surface area contributed by atoms with Crippen molar-refractivity contribution in [2.24, 2.45) is 11.8 Å². The average Bonchev–Trinajstić information content (AvgIpc) is 3.00. The number of Topliss-reactive ketones (excluding diaryl/α,β-unsaturated/α-hetero) is 1. The van der Waals surface area contributed by atoms with Crippen LogP contribution < -0.4 is 10.6 Å². The first-order valence-electron chi connectivity index (χ1n) is 16.2. The van der Waals surface area contributed by atoms with Gasteiger partial charge in [0.1, 0.15) is 5.60 Å². The van der Waals surface area contributed by atoms with Crippen LogP contribution in [-0.4, -0.2) is 83.7 Å². The normalized spacial score (nSPS) is 18.2. The van der Waals surface area contributed by atoms with Gasteiger partial charge in [0.15, 0.2) is 5.78 Å². The van der Waals surface area contributed by atoms with Crippen LogP contribution in [0.1, 0.15) is 64.5 Å². The third kappa shape index (κ3) is 12.2. The number of nitrogens with one attached hydrogen (secondary N) is 2. The number of carboxylic acids is 1. The van der Waals surface area contributed by atoms with Crippen molar-refractivity contribution in [3.63, 3.8) is 0 Å². The molecule has 262 valence electrons. The smallest absolute Gasteiger partial charge is 0.408 e. The third-order valence-corrected chi connectivity index (χ3v) is 8.48. The predicted octanol–water partition coefficient (Wildman–Crippen LogP) is 4.83. The van der Waals surface area contributed by atoms with E-state index in [1.54, 1.807) is 37.8 Å². The van der Waals surface area contributed by atoms with Crippen LogP contribution >= 0.6 is 11.6 Å². The van der Waals surface area contributed by atoms with Gasteiger partial charge in [-0.15, -0.1) is 0 Å². The highest BCUT2D eigenvalue weighted by atomic mass is 35.5. The number of halogens is 1. The SMILES string of the molecule is COC[C@H](CC(=O)[C@H](C)NC(=O)OC(C)(C)C)C(=O)N[C@@]1(Cc2ccc(Cl)cc2)CCCN(C(=O)[C@@H](CC(=O)O)Cc2ccccc2)C1. The summed E-state index contributed by atoms with van der Waals surface area (Å²) in [6, 6.07) is 15.6. The van der Waals surface area contributed by atoms with Gasteiger partial charge >= 0.3 is 12.1 Å². The van der Waals surface area contributed by atoms with Gasteiger partial charge in [-0.2, -0.15) is 0 Å². The highest BCUT2D eigenvalue weighted by molar-refractivity contribution is 6.30. The van der Waals surface area contributed by atoms with Crippen LogP contribution in [0.4, 0.5) is 4.79 Å². The number of carboxylic acid groups (broad SMARTS) is 1. The third-order valence-electron chi connectivity index (χ3n) is 8.23. The fourth-order valence-electron chi connectivity index (χ4n) is 5.99. The van der Waals surface area contributed by atoms with E-state index >= 15 is 0 Å². The number of carbonyl (C=O) groups is 5. The van der Waals surface area contributed by atoms with Crippen LogP contribution in [0.15, 0.2) is 54.6 Å². The Kier molecular flexibility index (Phi) is 14.0. The van der Waals surface area contributed by atoms with Crippen LogP contribution in [0.5, 0.6) is 0 Å². The number of hydrogen-bond acceptors (Lipinski definition) is 7. The minimum atomic E-state index is -1.07. The van der Waals surface area contributed by atoms with E-state index in [0.29, 0.717) is 30.8 Å². The molecule has 1 saturated heterocycles. The van der Waals surface area contributed by atoms with E-state index < -0.39 is 47.0 Å². The Morgan fingerprint density at radius 1 is 0.979 bits per heavy atom. The summed E-state index contributed by atoms with van der Waals surface area (Å²) in [5.74, 6) is -3.82. The number of hydrogen-bond donors (Lipinski definition) is 3. The van der Waals surface area contributed by atoms with Crippen molar-refractivity contribution < 1.29 is 38.6 Å². The molecule has 1 aliphatic rings. The Bertz CT molecular complexity index is 1410. The molecule has 3 amide bonds. The largest absolute Gasteiger partial charge is 0.481 e. The number of likely N-dealkylation sites (tertiary alicyclic amines) is 1. The van der Waals surface area contributed by atoms with Crippen LogP contribution in [0.25, 0.3) is 0 Å². The molecule has 0 bridgehead atoms. The van der Waals surface area contributed by atoms with Crippen LogP contribution in [-0.2, 0) is 41.5 Å². The summed E-state index contributed by atoms with van der Waals surface area (Å²) in [6.45, 7) is 7.19. The van der Waals surface area contributed by atoms with Gasteiger partial charge in [-0.1, -0.05) is 54.1 Å². The molecule has 3 N–H and O–H groups in total. The Hall–Kier alpha value is -3.96. The van der Waals surface area contributed by atoms with Crippen LogP contribution in [0.2, 0.25) is 5.02 Å². The summed E-state index contributed by atoms with van der Waals surface area (Å²) >= 11 is 6.14. The Balaban J connectivity index is 1.84. The van der Waals surface area contributed by atoms with Gasteiger partial charge in [0.2, 0.25) is 11.8 Å². The fraction of sp³-hybridized carbons (Fsp3) is 0.528. The second-order valence-electron chi connectivity index (χ2n) is 13.6. The molecular formula is C36H48ClN3O8. The molecule has 0 aromatic heterocycles. The number of carbonyl (C=O) groups excluding carboxylic acids is 4. The number of ether oxygens (including phenoxy) is 2. The van der Waals surface area contributed by atoms with Crippen molar-refractivity contribution in [2.45, 2.75) is 83.4 Å². The molecule has 1 fully saturated rings. The topological polar surface area (TPSA) is 151 Å². The lowest BCUT2D eigenvalue weighted by molar-refractivity contribution is -0.146. The summed E-state index contributed by atoms with van der Waals surface area (Å²) in [7, 11) is 1.44. The van der Waals surface area contributed by atoms with Crippen molar-refractivity contribution in [1.82, 2.24) is 15.5 Å². The molecular weight excluding hydrogens is 638 g/mol. The summed E-state index contributed by atoms with van der Waals surface area (Å²) in [5.41, 5.74) is 0.0791. The predicted molar refractivity (Wildman–Crippen MR) is 182 cm³/mol. The van der Waals surface area contributed by atoms with Gasteiger partial charge < -0.3 is 30.1 Å². The van der Waals surface area contributed by atoms with Crippen molar-refractivity contribution >= 4 is 41.3 Å². The molecule has 0 aliphatic carbocycles. The van der Waals surface area contributed by atoms with Crippen molar-refractivity contribution in [2.75, 3.05) is 26.8 Å². The van der Waals surface area contributed by atoms with Crippen molar-refractivity contribution in [1.29, 1.82) is 0 Å². The molecule has 12 heteroatoms. The van der Waals surface area contributed by atoms with Gasteiger partial charge in [-0.05, 0) is 76.6 Å². The van der Waals surface area contributed by atoms with Crippen LogP contribution in [0, 0.1) is 11.8 Å². The number of amides is 3. The Morgan fingerprint density at radius 3 is 2.25 bits per heavy atom. The monoisotopic (exact) mass is 685 g/mol. The van der Waals surface area contributed by atoms with Gasteiger partial charge in [-0.3, -0.25) is 19.2 Å². The van der Waals surface area contributed by atoms with Crippen molar-refractivity contribution in [3.05, 3.63) is 70.7 Å². The van der Waals surface area contributed by atoms with Crippen LogP contribution in [0.3, 0.4) is 0 Å². The molecule has 1 aliphatic heterocycles. The molecule has 3 rings (SSSR count). The molecule has 2 aromatic carbocycles. The van der Waals surface area contributed by atoms with Crippen molar-refractivity contribution in [3.8, 4) is 0 Å². The maximum Gasteiger partial charge on any atom is 0.408 e. The second kappa shape index (κ2) is 17.4. The number of benzene rings is 2. The van der Waals surface area contributed by atoms with Gasteiger partial charge in [-0.25, -0.2) is 4.79 Å². The zero-order chi connectivity index (χ0) is 35.5. The fourth-order valence-corrected chi connectivity index (χ4v) is 6.12. The first-order chi connectivity index (χ1) is 22.6. The number of methoxy groups -OCH3 is 1. The first-order valence-corrected chi connectivity index (χ1v) is 16.6. The molecule has 11 nitrogen and oxygen atoms in total. The lowest BCUT2D eigenvalue weighted by atomic mass is 9.81. The molecule has 0 unspecified atom stereocenters. The number of aliphatic carboxylic acids is 1. The Labute approximate surface area is 287 Å². The molecule has 48 heavy (non-hydrogen) atoms. The average molecular weight is 686 g/mol. The number of alkyl carbamates (subject to hydrolysis) is 1. The summed E-state index contributed by atoms with van der Waals surface area (Å²) in [6.07, 6.45) is 0.479. The molecule has 0 spiro atoms. The number of nitrogens with zero attached hydrogens (tertiary/aromatic N) is 1. The molecule has 1 heterocycles. The minimum Gasteiger partial charge on any atom is -0.481 e. The quantitative estimate of drug-likeness (QED) is 0.241. The van der Waals surface area contributed by atoms with E-state index in [1.807, 2.05) is 42.5 Å². The lowest BCUT2D eigenvalue weighted by Crippen LogP contribution is -2.62. The first kappa shape index (κ1) is 38.5. The number of rotatable bonds is 15. The minimum absolute atomic E-state index is 0.0475. The molecule has 2 aromatic rings. The lowest BCUT2D eigenvalue weighted by Gasteiger charge is -2.45. The maximum absolute atomic E-state index is 14.0. The second-order valence-corrected chi connectivity index (χ2v) is 14.0. The Morgan fingerprint density at radius 2 is 1.65 bits per heavy atom. The summed E-state index contributed by atoms with van der Waals surface area (Å²) < 4.78 is 10.6. The molecule has 4 atom stereocenters. The number of piperidine rings is 1. The van der Waals surface area contributed by atoms with E-state index in [-0.39, 0.29) is 44.1 Å².